The molecule has 1 heteroatoms. The minimum absolute atomic E-state index is 0.184. The summed E-state index contributed by atoms with van der Waals surface area (Å²) < 4.78 is 0. The molecule has 1 nitrogen and oxygen atoms in total. The average Bonchev–Trinajstić information content (AvgIpc) is 2.18. The molecule has 0 atom stereocenters. The molecule has 1 rings (SSSR count). The van der Waals surface area contributed by atoms with Crippen LogP contribution in [-0.4, -0.2) is 6.54 Å². The highest BCUT2D eigenvalue weighted by atomic mass is 14.5. The Morgan fingerprint density at radius 2 is 1.80 bits per heavy atom. The molecule has 15 heavy (non-hydrogen) atoms. The normalized spacial score (nSPS) is 12.9. The van der Waals surface area contributed by atoms with Crippen LogP contribution in [0.25, 0.3) is 0 Å². The zero-order valence-electron chi connectivity index (χ0n) is 9.96. The second-order valence-electron chi connectivity index (χ2n) is 4.87. The van der Waals surface area contributed by atoms with Gasteiger partial charge in [-0.3, -0.25) is 0 Å². The van der Waals surface area contributed by atoms with E-state index in [0.717, 1.165) is 6.42 Å². The lowest BCUT2D eigenvalue weighted by atomic mass is 9.85. The van der Waals surface area contributed by atoms with Crippen LogP contribution < -0.4 is 5.73 Å². The minimum atomic E-state index is 0.184. The Bertz CT molecular complexity index is 317. The summed E-state index contributed by atoms with van der Waals surface area (Å²) in [6.45, 7) is 7.26. The molecular weight excluding hydrogens is 182 g/mol. The van der Waals surface area contributed by atoms with Crippen molar-refractivity contribution < 1.29 is 0 Å². The van der Waals surface area contributed by atoms with Crippen molar-refractivity contribution in [3.05, 3.63) is 47.5 Å². The van der Waals surface area contributed by atoms with Gasteiger partial charge in [-0.2, -0.15) is 0 Å². The van der Waals surface area contributed by atoms with Crippen molar-refractivity contribution in [3.63, 3.8) is 0 Å². The van der Waals surface area contributed by atoms with Crippen molar-refractivity contribution in [2.24, 2.45) is 11.1 Å². The summed E-state index contributed by atoms with van der Waals surface area (Å²) in [5, 5.41) is 0. The molecule has 0 heterocycles. The molecule has 0 fully saturated rings. The quantitative estimate of drug-likeness (QED) is 0.750. The summed E-state index contributed by atoms with van der Waals surface area (Å²) in [5.41, 5.74) is 8.60. The Morgan fingerprint density at radius 3 is 2.27 bits per heavy atom. The van der Waals surface area contributed by atoms with Gasteiger partial charge in [-0.05, 0) is 17.4 Å². The highest BCUT2D eigenvalue weighted by Crippen LogP contribution is 2.24. The van der Waals surface area contributed by atoms with Crippen LogP contribution in [0, 0.1) is 5.41 Å². The Balaban J connectivity index is 2.72. The number of hydrogen-bond donors (Lipinski definition) is 1. The molecule has 0 amide bonds. The summed E-state index contributed by atoms with van der Waals surface area (Å²) >= 11 is 0. The van der Waals surface area contributed by atoms with Crippen LogP contribution >= 0.6 is 0 Å². The molecule has 1 aromatic carbocycles. The first-order chi connectivity index (χ1) is 7.04. The van der Waals surface area contributed by atoms with Gasteiger partial charge in [0.1, 0.15) is 0 Å². The van der Waals surface area contributed by atoms with Crippen molar-refractivity contribution >= 4 is 0 Å². The van der Waals surface area contributed by atoms with Gasteiger partial charge in [0.2, 0.25) is 0 Å². The summed E-state index contributed by atoms with van der Waals surface area (Å²) in [4.78, 5) is 0. The number of allylic oxidation sites excluding steroid dienone is 1. The summed E-state index contributed by atoms with van der Waals surface area (Å²) in [7, 11) is 0. The predicted molar refractivity (Wildman–Crippen MR) is 66.7 cm³/mol. The minimum Gasteiger partial charge on any atom is -0.327 e. The van der Waals surface area contributed by atoms with Crippen LogP contribution in [0.5, 0.6) is 0 Å². The third-order valence-electron chi connectivity index (χ3n) is 2.61. The fourth-order valence-corrected chi connectivity index (χ4v) is 1.55. The largest absolute Gasteiger partial charge is 0.327 e. The monoisotopic (exact) mass is 203 g/mol. The Labute approximate surface area is 93.0 Å². The van der Waals surface area contributed by atoms with Gasteiger partial charge in [0, 0.05) is 6.54 Å². The number of hydrogen-bond acceptors (Lipinski definition) is 1. The second-order valence-corrected chi connectivity index (χ2v) is 4.87. The van der Waals surface area contributed by atoms with Gasteiger partial charge in [0.05, 0.1) is 0 Å². The van der Waals surface area contributed by atoms with E-state index in [2.05, 4.69) is 51.1 Å². The van der Waals surface area contributed by atoms with Crippen molar-refractivity contribution in [2.75, 3.05) is 6.54 Å². The first-order valence-corrected chi connectivity index (χ1v) is 5.47. The molecule has 0 radical (unpaired) electrons. The van der Waals surface area contributed by atoms with E-state index in [9.17, 15) is 0 Å². The van der Waals surface area contributed by atoms with Crippen LogP contribution in [0.15, 0.2) is 42.0 Å². The van der Waals surface area contributed by atoms with Gasteiger partial charge in [-0.25, -0.2) is 0 Å². The third kappa shape index (κ3) is 3.88. The molecule has 82 valence electrons. The standard InChI is InChI=1S/C14H21N/c1-14(2,3)13(11-15)10-9-12-7-5-4-6-8-12/h4-8,10H,9,11,15H2,1-3H3/b13-10+. The smallest absolute Gasteiger partial charge is 0.0142 e. The first-order valence-electron chi connectivity index (χ1n) is 5.47. The summed E-state index contributed by atoms with van der Waals surface area (Å²) in [6.07, 6.45) is 3.24. The highest BCUT2D eigenvalue weighted by Gasteiger charge is 2.14. The van der Waals surface area contributed by atoms with Gasteiger partial charge < -0.3 is 5.73 Å². The van der Waals surface area contributed by atoms with Crippen LogP contribution in [-0.2, 0) is 6.42 Å². The maximum atomic E-state index is 5.75. The van der Waals surface area contributed by atoms with Gasteiger partial charge in [-0.1, -0.05) is 62.8 Å². The molecular formula is C14H21N. The first kappa shape index (κ1) is 12.0. The lowest BCUT2D eigenvalue weighted by molar-refractivity contribution is 0.493. The van der Waals surface area contributed by atoms with E-state index in [1.54, 1.807) is 0 Å². The molecule has 0 aliphatic rings. The molecule has 1 aromatic rings. The maximum absolute atomic E-state index is 5.75. The van der Waals surface area contributed by atoms with E-state index in [-0.39, 0.29) is 5.41 Å². The van der Waals surface area contributed by atoms with E-state index in [4.69, 9.17) is 5.73 Å². The maximum Gasteiger partial charge on any atom is 0.0142 e. The van der Waals surface area contributed by atoms with Gasteiger partial charge in [0.25, 0.3) is 0 Å². The number of benzene rings is 1. The molecule has 0 spiro atoms. The van der Waals surface area contributed by atoms with E-state index < -0.39 is 0 Å². The van der Waals surface area contributed by atoms with Crippen molar-refractivity contribution in [3.8, 4) is 0 Å². The summed E-state index contributed by atoms with van der Waals surface area (Å²) in [5.74, 6) is 0. The Hall–Kier alpha value is -1.08. The molecule has 0 bridgehead atoms. The van der Waals surface area contributed by atoms with Crippen molar-refractivity contribution in [2.45, 2.75) is 27.2 Å². The third-order valence-corrected chi connectivity index (χ3v) is 2.61. The number of nitrogens with two attached hydrogens (primary N) is 1. The van der Waals surface area contributed by atoms with E-state index in [1.807, 2.05) is 6.07 Å². The molecule has 2 N–H and O–H groups in total. The lowest BCUT2D eigenvalue weighted by Gasteiger charge is -2.21. The van der Waals surface area contributed by atoms with Gasteiger partial charge in [-0.15, -0.1) is 0 Å². The van der Waals surface area contributed by atoms with Crippen LogP contribution in [0.3, 0.4) is 0 Å². The SMILES string of the molecule is CC(C)(C)/C(=C/Cc1ccccc1)CN. The van der Waals surface area contributed by atoms with E-state index in [1.165, 1.54) is 11.1 Å². The second kappa shape index (κ2) is 5.13. The molecule has 0 saturated heterocycles. The van der Waals surface area contributed by atoms with E-state index in [0.29, 0.717) is 6.54 Å². The average molecular weight is 203 g/mol. The lowest BCUT2D eigenvalue weighted by Crippen LogP contribution is -2.18. The summed E-state index contributed by atoms with van der Waals surface area (Å²) in [6, 6.07) is 10.5. The highest BCUT2D eigenvalue weighted by molar-refractivity contribution is 5.21. The van der Waals surface area contributed by atoms with Crippen LogP contribution in [0.2, 0.25) is 0 Å². The zero-order chi connectivity index (χ0) is 11.3. The molecule has 0 aliphatic carbocycles. The van der Waals surface area contributed by atoms with Crippen LogP contribution in [0.1, 0.15) is 26.3 Å². The molecule has 0 aromatic heterocycles. The predicted octanol–water partition coefficient (Wildman–Crippen LogP) is 3.16. The van der Waals surface area contributed by atoms with Gasteiger partial charge >= 0.3 is 0 Å². The Morgan fingerprint density at radius 1 is 1.20 bits per heavy atom. The molecule has 0 aliphatic heterocycles. The van der Waals surface area contributed by atoms with E-state index >= 15 is 0 Å². The Kier molecular flexibility index (Phi) is 4.10. The number of rotatable bonds is 3. The fraction of sp³-hybridized carbons (Fsp3) is 0.429. The molecule has 0 saturated carbocycles. The van der Waals surface area contributed by atoms with Crippen molar-refractivity contribution in [1.29, 1.82) is 0 Å². The topological polar surface area (TPSA) is 26.0 Å². The molecule has 0 unspecified atom stereocenters. The van der Waals surface area contributed by atoms with Gasteiger partial charge in [0.15, 0.2) is 0 Å². The van der Waals surface area contributed by atoms with Crippen LogP contribution in [0.4, 0.5) is 0 Å². The van der Waals surface area contributed by atoms with Crippen molar-refractivity contribution in [1.82, 2.24) is 0 Å². The fourth-order valence-electron chi connectivity index (χ4n) is 1.55. The zero-order valence-corrected chi connectivity index (χ0v) is 9.96.